The van der Waals surface area contributed by atoms with Gasteiger partial charge in [0.2, 0.25) is 0 Å². The van der Waals surface area contributed by atoms with Crippen LogP contribution in [0.2, 0.25) is 10.0 Å². The fourth-order valence-corrected chi connectivity index (χ4v) is 4.28. The number of aromatic nitrogens is 4. The molecule has 0 aliphatic carbocycles. The molecule has 0 radical (unpaired) electrons. The van der Waals surface area contributed by atoms with E-state index in [0.717, 1.165) is 31.7 Å². The number of benzene rings is 2. The topological polar surface area (TPSA) is 75.8 Å². The fraction of sp³-hybridized carbons (Fsp3) is 0.300. The number of halogens is 3. The van der Waals surface area contributed by atoms with Gasteiger partial charge in [-0.1, -0.05) is 45.2 Å². The molecular formula is C20H20BBrCl2N4O2. The van der Waals surface area contributed by atoms with Crippen LogP contribution in [0.25, 0.3) is 21.8 Å². The zero-order valence-electron chi connectivity index (χ0n) is 16.9. The molecule has 1 fully saturated rings. The molecule has 1 aliphatic heterocycles. The molecule has 0 amide bonds. The van der Waals surface area contributed by atoms with Gasteiger partial charge in [-0.2, -0.15) is 10.2 Å². The summed E-state index contributed by atoms with van der Waals surface area (Å²) >= 11 is 15.5. The van der Waals surface area contributed by atoms with Gasteiger partial charge in [-0.3, -0.25) is 10.2 Å². The molecule has 2 N–H and O–H groups in total. The Kier molecular flexibility index (Phi) is 5.66. The van der Waals surface area contributed by atoms with E-state index in [0.29, 0.717) is 10.0 Å². The third kappa shape index (κ3) is 3.99. The van der Waals surface area contributed by atoms with Crippen LogP contribution in [0.3, 0.4) is 0 Å². The maximum absolute atomic E-state index is 6.24. The highest BCUT2D eigenvalue weighted by Crippen LogP contribution is 2.37. The maximum atomic E-state index is 6.24. The van der Waals surface area contributed by atoms with Gasteiger partial charge >= 0.3 is 7.12 Å². The van der Waals surface area contributed by atoms with Crippen LogP contribution in [0.15, 0.2) is 41.1 Å². The van der Waals surface area contributed by atoms with Crippen molar-refractivity contribution >= 4 is 73.5 Å². The Morgan fingerprint density at radius 2 is 1.33 bits per heavy atom. The van der Waals surface area contributed by atoms with Crippen molar-refractivity contribution in [1.29, 1.82) is 0 Å². The summed E-state index contributed by atoms with van der Waals surface area (Å²) in [6.45, 7) is 8.13. The van der Waals surface area contributed by atoms with Crippen molar-refractivity contribution in [1.82, 2.24) is 20.4 Å². The number of nitrogens with zero attached hydrogens (tertiary/aromatic N) is 2. The van der Waals surface area contributed by atoms with Gasteiger partial charge in [0, 0.05) is 15.2 Å². The lowest BCUT2D eigenvalue weighted by Crippen LogP contribution is -2.41. The average Bonchev–Trinajstić information content (AvgIpc) is 3.34. The predicted octanol–water partition coefficient (Wildman–Crippen LogP) is 5.49. The standard InChI is InChI=1S/C13H16BClN2O2.C7H4BrClN2/c1-12(2)13(3,4)19-14(18-12)9-5-8-7-16-17-11(8)10(15)6-9;8-5-1-4-3-10-11-7(4)6(9)2-5/h5-7H,1-4H3,(H,16,17);1-3H,(H,10,11). The molecule has 5 rings (SSSR count). The molecule has 0 atom stereocenters. The van der Waals surface area contributed by atoms with Crippen molar-refractivity contribution in [2.24, 2.45) is 0 Å². The summed E-state index contributed by atoms with van der Waals surface area (Å²) in [5.74, 6) is 0. The summed E-state index contributed by atoms with van der Waals surface area (Å²) < 4.78 is 13.0. The lowest BCUT2D eigenvalue weighted by atomic mass is 9.78. The summed E-state index contributed by atoms with van der Waals surface area (Å²) in [5.41, 5.74) is 1.93. The lowest BCUT2D eigenvalue weighted by molar-refractivity contribution is 0.00578. The summed E-state index contributed by atoms with van der Waals surface area (Å²) in [6.07, 6.45) is 3.49. The van der Waals surface area contributed by atoms with Crippen molar-refractivity contribution in [2.75, 3.05) is 0 Å². The minimum absolute atomic E-state index is 0.352. The van der Waals surface area contributed by atoms with Crippen molar-refractivity contribution < 1.29 is 9.31 Å². The normalized spacial score (nSPS) is 17.4. The monoisotopic (exact) mass is 508 g/mol. The van der Waals surface area contributed by atoms with Crippen molar-refractivity contribution in [3.8, 4) is 0 Å². The first kappa shape index (κ1) is 21.6. The number of fused-ring (bicyclic) bond motifs is 2. The van der Waals surface area contributed by atoms with E-state index in [9.17, 15) is 0 Å². The summed E-state index contributed by atoms with van der Waals surface area (Å²) in [5, 5.41) is 16.8. The van der Waals surface area contributed by atoms with Crippen LogP contribution >= 0.6 is 39.1 Å². The van der Waals surface area contributed by atoms with Crippen LogP contribution in [0.4, 0.5) is 0 Å². The molecule has 0 spiro atoms. The molecule has 1 saturated heterocycles. The molecule has 2 aromatic heterocycles. The van der Waals surface area contributed by atoms with Gasteiger partial charge in [0.25, 0.3) is 0 Å². The first-order valence-electron chi connectivity index (χ1n) is 9.34. The quantitative estimate of drug-likeness (QED) is 0.332. The zero-order valence-corrected chi connectivity index (χ0v) is 20.0. The Balaban J connectivity index is 0.000000168. The van der Waals surface area contributed by atoms with Gasteiger partial charge in [0.05, 0.1) is 44.7 Å². The van der Waals surface area contributed by atoms with Gasteiger partial charge in [0.1, 0.15) is 0 Å². The summed E-state index contributed by atoms with van der Waals surface area (Å²) in [6, 6.07) is 7.66. The smallest absolute Gasteiger partial charge is 0.399 e. The minimum atomic E-state index is -0.401. The van der Waals surface area contributed by atoms with E-state index in [-0.39, 0.29) is 11.2 Å². The summed E-state index contributed by atoms with van der Waals surface area (Å²) in [7, 11) is -0.401. The molecule has 156 valence electrons. The number of H-pyrrole nitrogens is 2. The number of hydrogen-bond donors (Lipinski definition) is 2. The third-order valence-corrected chi connectivity index (χ3v) is 6.57. The van der Waals surface area contributed by atoms with Gasteiger partial charge in [0.15, 0.2) is 0 Å². The second-order valence-electron chi connectivity index (χ2n) is 8.15. The second kappa shape index (κ2) is 7.84. The lowest BCUT2D eigenvalue weighted by Gasteiger charge is -2.32. The molecule has 10 heteroatoms. The maximum Gasteiger partial charge on any atom is 0.494 e. The van der Waals surface area contributed by atoms with Gasteiger partial charge in [-0.25, -0.2) is 0 Å². The third-order valence-electron chi connectivity index (χ3n) is 5.51. The molecule has 0 unspecified atom stereocenters. The van der Waals surface area contributed by atoms with Gasteiger partial charge < -0.3 is 9.31 Å². The zero-order chi connectivity index (χ0) is 21.7. The molecule has 4 aromatic rings. The van der Waals surface area contributed by atoms with Crippen LogP contribution in [-0.2, 0) is 9.31 Å². The largest absolute Gasteiger partial charge is 0.494 e. The molecule has 30 heavy (non-hydrogen) atoms. The second-order valence-corrected chi connectivity index (χ2v) is 9.88. The predicted molar refractivity (Wildman–Crippen MR) is 126 cm³/mol. The van der Waals surface area contributed by atoms with E-state index >= 15 is 0 Å². The molecule has 0 saturated carbocycles. The number of aromatic amines is 2. The van der Waals surface area contributed by atoms with Crippen LogP contribution < -0.4 is 5.46 Å². The number of nitrogens with one attached hydrogen (secondary N) is 2. The van der Waals surface area contributed by atoms with E-state index in [1.54, 1.807) is 12.4 Å². The van der Waals surface area contributed by atoms with E-state index < -0.39 is 7.12 Å². The molecular weight excluding hydrogens is 490 g/mol. The van der Waals surface area contributed by atoms with Crippen molar-refractivity contribution in [3.05, 3.63) is 51.2 Å². The Hall–Kier alpha value is -1.58. The number of rotatable bonds is 1. The van der Waals surface area contributed by atoms with E-state index in [2.05, 4.69) is 36.3 Å². The average molecular weight is 510 g/mol. The van der Waals surface area contributed by atoms with Crippen LogP contribution in [0, 0.1) is 0 Å². The van der Waals surface area contributed by atoms with Gasteiger partial charge in [-0.05, 0) is 51.4 Å². The summed E-state index contributed by atoms with van der Waals surface area (Å²) in [4.78, 5) is 0. The first-order chi connectivity index (χ1) is 14.1. The van der Waals surface area contributed by atoms with Crippen LogP contribution in [-0.4, -0.2) is 38.7 Å². The van der Waals surface area contributed by atoms with Crippen LogP contribution in [0.1, 0.15) is 27.7 Å². The fourth-order valence-electron chi connectivity index (χ4n) is 3.13. The van der Waals surface area contributed by atoms with Crippen molar-refractivity contribution in [3.63, 3.8) is 0 Å². The molecule has 0 bridgehead atoms. The first-order valence-corrected chi connectivity index (χ1v) is 10.9. The van der Waals surface area contributed by atoms with Gasteiger partial charge in [-0.15, -0.1) is 0 Å². The highest BCUT2D eigenvalue weighted by atomic mass is 79.9. The molecule has 2 aromatic carbocycles. The molecule has 6 nitrogen and oxygen atoms in total. The van der Waals surface area contributed by atoms with Crippen molar-refractivity contribution in [2.45, 2.75) is 38.9 Å². The Morgan fingerprint density at radius 3 is 1.90 bits per heavy atom. The van der Waals surface area contributed by atoms with E-state index in [4.69, 9.17) is 32.5 Å². The Bertz CT molecular complexity index is 1210. The molecule has 1 aliphatic rings. The van der Waals surface area contributed by atoms with E-state index in [1.807, 2.05) is 52.0 Å². The minimum Gasteiger partial charge on any atom is -0.399 e. The Labute approximate surface area is 192 Å². The highest BCUT2D eigenvalue weighted by Gasteiger charge is 2.51. The Morgan fingerprint density at radius 1 is 0.833 bits per heavy atom. The van der Waals surface area contributed by atoms with E-state index in [1.165, 1.54) is 0 Å². The molecule has 3 heterocycles. The highest BCUT2D eigenvalue weighted by molar-refractivity contribution is 9.10. The van der Waals surface area contributed by atoms with Crippen LogP contribution in [0.5, 0.6) is 0 Å². The number of hydrogen-bond acceptors (Lipinski definition) is 4. The SMILES string of the molecule is CC1(C)OB(c2cc(Cl)c3[nH]ncc3c2)OC1(C)C.Clc1cc(Br)cc2cn[nH]c12.